The summed E-state index contributed by atoms with van der Waals surface area (Å²) in [5.41, 5.74) is 1.56. The zero-order valence-corrected chi connectivity index (χ0v) is 14.0. The Bertz CT molecular complexity index is 795. The largest absolute Gasteiger partial charge is 0.497 e. The molecule has 0 radical (unpaired) electrons. The zero-order chi connectivity index (χ0) is 18.0. The minimum absolute atomic E-state index is 0.302. The number of fused-ring (bicyclic) bond motifs is 1. The molecule has 1 aliphatic rings. The van der Waals surface area contributed by atoms with E-state index in [0.717, 1.165) is 16.2 Å². The fourth-order valence-corrected chi connectivity index (χ4v) is 2.76. The van der Waals surface area contributed by atoms with Crippen molar-refractivity contribution in [3.05, 3.63) is 65.2 Å². The standard InChI is InChI=1S/C19H18N2O4/c1-12(17(22)20-11-13-7-9-14(25-2)10-8-13)21-18(23)15-5-3-4-6-16(15)19(21)24/h3-10,12H,11H2,1-2H3,(H,20,22). The fourth-order valence-electron chi connectivity index (χ4n) is 2.76. The number of methoxy groups -OCH3 is 1. The second-order valence-electron chi connectivity index (χ2n) is 5.77. The van der Waals surface area contributed by atoms with Crippen molar-refractivity contribution in [3.63, 3.8) is 0 Å². The van der Waals surface area contributed by atoms with Crippen molar-refractivity contribution in [3.8, 4) is 5.75 Å². The summed E-state index contributed by atoms with van der Waals surface area (Å²) in [5.74, 6) is -0.528. The molecule has 1 unspecified atom stereocenters. The highest BCUT2D eigenvalue weighted by atomic mass is 16.5. The number of hydrogen-bond acceptors (Lipinski definition) is 4. The molecule has 128 valence electrons. The van der Waals surface area contributed by atoms with E-state index in [-0.39, 0.29) is 5.91 Å². The Labute approximate surface area is 145 Å². The molecule has 0 aliphatic carbocycles. The summed E-state index contributed by atoms with van der Waals surface area (Å²) in [7, 11) is 1.58. The Kier molecular flexibility index (Phi) is 4.52. The van der Waals surface area contributed by atoms with Crippen LogP contribution in [0, 0.1) is 0 Å². The lowest BCUT2D eigenvalue weighted by Crippen LogP contribution is -2.47. The average molecular weight is 338 g/mol. The number of ether oxygens (including phenoxy) is 1. The molecule has 1 N–H and O–H groups in total. The summed E-state index contributed by atoms with van der Waals surface area (Å²) in [6.07, 6.45) is 0. The molecule has 0 spiro atoms. The molecule has 25 heavy (non-hydrogen) atoms. The second kappa shape index (κ2) is 6.76. The van der Waals surface area contributed by atoms with E-state index in [9.17, 15) is 14.4 Å². The molecular weight excluding hydrogens is 320 g/mol. The van der Waals surface area contributed by atoms with Gasteiger partial charge in [0.15, 0.2) is 0 Å². The molecule has 1 aliphatic heterocycles. The van der Waals surface area contributed by atoms with Crippen molar-refractivity contribution in [1.29, 1.82) is 0 Å². The first kappa shape index (κ1) is 16.7. The van der Waals surface area contributed by atoms with Crippen LogP contribution >= 0.6 is 0 Å². The smallest absolute Gasteiger partial charge is 0.262 e. The van der Waals surface area contributed by atoms with E-state index in [1.54, 1.807) is 50.4 Å². The molecule has 0 bridgehead atoms. The Morgan fingerprint density at radius 2 is 1.60 bits per heavy atom. The average Bonchev–Trinajstić information content (AvgIpc) is 2.90. The number of amides is 3. The maximum absolute atomic E-state index is 12.4. The van der Waals surface area contributed by atoms with E-state index >= 15 is 0 Å². The lowest BCUT2D eigenvalue weighted by molar-refractivity contribution is -0.124. The van der Waals surface area contributed by atoms with Gasteiger partial charge in [-0.05, 0) is 36.8 Å². The molecule has 6 heteroatoms. The van der Waals surface area contributed by atoms with E-state index in [0.29, 0.717) is 17.7 Å². The first-order valence-corrected chi connectivity index (χ1v) is 7.90. The lowest BCUT2D eigenvalue weighted by atomic mass is 10.1. The molecule has 1 atom stereocenters. The van der Waals surface area contributed by atoms with Crippen LogP contribution in [-0.2, 0) is 11.3 Å². The van der Waals surface area contributed by atoms with Gasteiger partial charge in [-0.1, -0.05) is 24.3 Å². The monoisotopic (exact) mass is 338 g/mol. The molecule has 2 aromatic carbocycles. The molecule has 1 heterocycles. The van der Waals surface area contributed by atoms with E-state index in [1.165, 1.54) is 0 Å². The van der Waals surface area contributed by atoms with Crippen LogP contribution in [-0.4, -0.2) is 35.8 Å². The van der Waals surface area contributed by atoms with Gasteiger partial charge < -0.3 is 10.1 Å². The first-order chi connectivity index (χ1) is 12.0. The van der Waals surface area contributed by atoms with Gasteiger partial charge in [-0.3, -0.25) is 19.3 Å². The highest BCUT2D eigenvalue weighted by Crippen LogP contribution is 2.24. The van der Waals surface area contributed by atoms with Crippen molar-refractivity contribution < 1.29 is 19.1 Å². The van der Waals surface area contributed by atoms with Crippen molar-refractivity contribution >= 4 is 17.7 Å². The zero-order valence-electron chi connectivity index (χ0n) is 14.0. The van der Waals surface area contributed by atoms with Gasteiger partial charge in [-0.2, -0.15) is 0 Å². The summed E-state index contributed by atoms with van der Waals surface area (Å²) in [4.78, 5) is 38.2. The van der Waals surface area contributed by atoms with Crippen LogP contribution in [0.5, 0.6) is 5.75 Å². The topological polar surface area (TPSA) is 75.7 Å². The summed E-state index contributed by atoms with van der Waals surface area (Å²) >= 11 is 0. The Morgan fingerprint density at radius 1 is 1.04 bits per heavy atom. The minimum atomic E-state index is -0.884. The predicted octanol–water partition coefficient (Wildman–Crippen LogP) is 2.00. The van der Waals surface area contributed by atoms with Crippen molar-refractivity contribution in [2.24, 2.45) is 0 Å². The Morgan fingerprint density at radius 3 is 2.12 bits per heavy atom. The third-order valence-electron chi connectivity index (χ3n) is 4.22. The summed E-state index contributed by atoms with van der Waals surface area (Å²) in [5, 5.41) is 2.76. The molecule has 2 aromatic rings. The maximum Gasteiger partial charge on any atom is 0.262 e. The predicted molar refractivity (Wildman–Crippen MR) is 91.2 cm³/mol. The SMILES string of the molecule is COc1ccc(CNC(=O)C(C)N2C(=O)c3ccccc3C2=O)cc1. The number of carbonyl (C=O) groups excluding carboxylic acids is 3. The van der Waals surface area contributed by atoms with Crippen molar-refractivity contribution in [2.45, 2.75) is 19.5 Å². The van der Waals surface area contributed by atoms with Gasteiger partial charge in [0.1, 0.15) is 11.8 Å². The summed E-state index contributed by atoms with van der Waals surface area (Å²) < 4.78 is 5.09. The van der Waals surface area contributed by atoms with Crippen LogP contribution in [0.25, 0.3) is 0 Å². The number of nitrogens with zero attached hydrogens (tertiary/aromatic N) is 1. The van der Waals surface area contributed by atoms with Gasteiger partial charge in [-0.15, -0.1) is 0 Å². The number of rotatable bonds is 5. The molecular formula is C19H18N2O4. The number of nitrogens with one attached hydrogen (secondary N) is 1. The van der Waals surface area contributed by atoms with Crippen molar-refractivity contribution in [2.75, 3.05) is 7.11 Å². The van der Waals surface area contributed by atoms with Gasteiger partial charge in [0.25, 0.3) is 11.8 Å². The van der Waals surface area contributed by atoms with Crippen LogP contribution in [0.4, 0.5) is 0 Å². The van der Waals surface area contributed by atoms with Crippen molar-refractivity contribution in [1.82, 2.24) is 10.2 Å². The van der Waals surface area contributed by atoms with Crippen LogP contribution in [0.1, 0.15) is 33.2 Å². The molecule has 6 nitrogen and oxygen atoms in total. The van der Waals surface area contributed by atoms with Crippen LogP contribution in [0.15, 0.2) is 48.5 Å². The number of benzene rings is 2. The summed E-state index contributed by atoms with van der Waals surface area (Å²) in [6, 6.07) is 13.0. The van der Waals surface area contributed by atoms with Crippen LogP contribution in [0.2, 0.25) is 0 Å². The Hall–Kier alpha value is -3.15. The number of hydrogen-bond donors (Lipinski definition) is 1. The highest BCUT2D eigenvalue weighted by molar-refractivity contribution is 6.22. The van der Waals surface area contributed by atoms with E-state index in [1.807, 2.05) is 12.1 Å². The number of carbonyl (C=O) groups is 3. The third-order valence-corrected chi connectivity index (χ3v) is 4.22. The molecule has 0 saturated heterocycles. The van der Waals surface area contributed by atoms with Crippen LogP contribution < -0.4 is 10.1 Å². The first-order valence-electron chi connectivity index (χ1n) is 7.90. The van der Waals surface area contributed by atoms with Gasteiger partial charge in [0.05, 0.1) is 18.2 Å². The summed E-state index contributed by atoms with van der Waals surface area (Å²) in [6.45, 7) is 1.85. The fraction of sp³-hybridized carbons (Fsp3) is 0.211. The third kappa shape index (κ3) is 3.10. The van der Waals surface area contributed by atoms with Crippen LogP contribution in [0.3, 0.4) is 0 Å². The van der Waals surface area contributed by atoms with E-state index in [4.69, 9.17) is 4.74 Å². The van der Waals surface area contributed by atoms with E-state index in [2.05, 4.69) is 5.32 Å². The minimum Gasteiger partial charge on any atom is -0.497 e. The quantitative estimate of drug-likeness (QED) is 0.846. The van der Waals surface area contributed by atoms with Gasteiger partial charge in [-0.25, -0.2) is 0 Å². The van der Waals surface area contributed by atoms with E-state index < -0.39 is 17.9 Å². The molecule has 0 fully saturated rings. The molecule has 0 aromatic heterocycles. The molecule has 3 rings (SSSR count). The molecule has 3 amide bonds. The van der Waals surface area contributed by atoms with Gasteiger partial charge in [0.2, 0.25) is 5.91 Å². The second-order valence-corrected chi connectivity index (χ2v) is 5.77. The maximum atomic E-state index is 12.4. The number of imide groups is 1. The highest BCUT2D eigenvalue weighted by Gasteiger charge is 2.40. The Balaban J connectivity index is 1.66. The van der Waals surface area contributed by atoms with Gasteiger partial charge >= 0.3 is 0 Å². The normalized spacial score (nSPS) is 14.2. The lowest BCUT2D eigenvalue weighted by Gasteiger charge is -2.21. The van der Waals surface area contributed by atoms with Gasteiger partial charge in [0, 0.05) is 6.54 Å². The molecule has 0 saturated carbocycles.